The molecule has 0 aromatic rings. The summed E-state index contributed by atoms with van der Waals surface area (Å²) in [4.78, 5) is 0. The van der Waals surface area contributed by atoms with Crippen molar-refractivity contribution in [3.05, 3.63) is 0 Å². The van der Waals surface area contributed by atoms with Crippen LogP contribution in [-0.2, 0) is 12.3 Å². The molecule has 2 aliphatic rings. The molecule has 0 N–H and O–H groups in total. The molecule has 256 valence electrons. The zero-order chi connectivity index (χ0) is 31.0. The topological polar surface area (TPSA) is 36.9 Å². The van der Waals surface area contributed by atoms with Crippen molar-refractivity contribution in [2.45, 2.75) is 200 Å². The summed E-state index contributed by atoms with van der Waals surface area (Å²) in [5.41, 5.74) is -0.0503. The van der Waals surface area contributed by atoms with Gasteiger partial charge in [0.1, 0.15) is 0 Å². The first-order valence-corrected chi connectivity index (χ1v) is 32.4. The second-order valence-corrected chi connectivity index (χ2v) is 33.9. The van der Waals surface area contributed by atoms with Gasteiger partial charge in [-0.25, -0.2) is 0 Å². The zero-order valence-electron chi connectivity index (χ0n) is 29.8. The van der Waals surface area contributed by atoms with E-state index >= 15 is 0 Å². The van der Waals surface area contributed by atoms with Gasteiger partial charge in [0.25, 0.3) is 0 Å². The number of unbranched alkanes of at least 4 members (excludes halogenated alkanes) is 20. The van der Waals surface area contributed by atoms with Gasteiger partial charge in [-0.15, -0.1) is 0 Å². The molecule has 0 amide bonds. The molecule has 2 saturated heterocycles. The van der Waals surface area contributed by atoms with Crippen LogP contribution < -0.4 is 0 Å². The normalized spacial score (nSPS) is 19.3. The zero-order valence-corrected chi connectivity index (χ0v) is 35.5. The first-order chi connectivity index (χ1) is 21.1. The Bertz CT molecular complexity index is 537. The number of hydrogen-bond acceptors (Lipinski definition) is 4. The second kappa shape index (κ2) is 25.5. The van der Waals surface area contributed by atoms with Gasteiger partial charge < -0.3 is 0 Å². The summed E-state index contributed by atoms with van der Waals surface area (Å²) in [6.07, 6.45) is 32.6. The predicted molar refractivity (Wildman–Crippen MR) is 190 cm³/mol. The summed E-state index contributed by atoms with van der Waals surface area (Å²) in [5, 5.41) is 0. The first kappa shape index (κ1) is 40.6. The van der Waals surface area contributed by atoms with Crippen LogP contribution in [0.25, 0.3) is 0 Å². The Morgan fingerprint density at radius 3 is 0.767 bits per heavy atom. The average molecular weight is 822 g/mol. The monoisotopic (exact) mass is 824 g/mol. The van der Waals surface area contributed by atoms with Gasteiger partial charge in [-0.2, -0.15) is 0 Å². The minimum atomic E-state index is -3.03. The van der Waals surface area contributed by atoms with Gasteiger partial charge in [-0.1, -0.05) is 0 Å². The van der Waals surface area contributed by atoms with Gasteiger partial charge >= 0.3 is 282 Å². The van der Waals surface area contributed by atoms with Crippen LogP contribution in [0.3, 0.4) is 0 Å². The third-order valence-corrected chi connectivity index (χ3v) is 30.6. The summed E-state index contributed by atoms with van der Waals surface area (Å²) in [6, 6.07) is 0. The Morgan fingerprint density at radius 2 is 0.535 bits per heavy atom. The van der Waals surface area contributed by atoms with E-state index in [0.29, 0.717) is 0 Å². The number of rotatable bonds is 28. The van der Waals surface area contributed by atoms with Gasteiger partial charge in [-0.3, -0.25) is 0 Å². The van der Waals surface area contributed by atoms with Crippen molar-refractivity contribution in [3.63, 3.8) is 0 Å². The fraction of sp³-hybridized carbons (Fsp3) is 1.00. The van der Waals surface area contributed by atoms with E-state index in [-0.39, 0.29) is 5.41 Å². The Hall–Kier alpha value is 1.44. The molecule has 0 aliphatic carbocycles. The molecule has 0 saturated carbocycles. The summed E-state index contributed by atoms with van der Waals surface area (Å²) in [7, 11) is 0. The van der Waals surface area contributed by atoms with E-state index in [9.17, 15) is 0 Å². The van der Waals surface area contributed by atoms with Gasteiger partial charge in [0, 0.05) is 0 Å². The molecule has 2 heterocycles. The summed E-state index contributed by atoms with van der Waals surface area (Å²) >= 11 is -6.06. The molecule has 43 heavy (non-hydrogen) atoms. The van der Waals surface area contributed by atoms with Crippen LogP contribution in [0.15, 0.2) is 0 Å². The van der Waals surface area contributed by atoms with E-state index in [4.69, 9.17) is 12.3 Å². The fourth-order valence-electron chi connectivity index (χ4n) is 7.00. The average Bonchev–Trinajstić information content (AvgIpc) is 3.03. The molecule has 2 fully saturated rings. The van der Waals surface area contributed by atoms with E-state index < -0.39 is 38.4 Å². The van der Waals surface area contributed by atoms with Crippen molar-refractivity contribution >= 4 is 38.4 Å². The van der Waals surface area contributed by atoms with Gasteiger partial charge in [0.15, 0.2) is 0 Å². The van der Waals surface area contributed by atoms with Crippen LogP contribution in [0, 0.1) is 5.41 Å². The SMILES string of the molecule is CCCCCCC[CH2][Sn]1([CH2]CCCCCCC)[O]CC2(C[O]1)C[O][Sn]([CH2]CCCCCCC)([CH2]CCCCCCC)[O]C2. The summed E-state index contributed by atoms with van der Waals surface area (Å²) in [6.45, 7) is 12.6. The standard InChI is InChI=1S/4C8H17.C5H8O4.2Sn/c4*1-3-5-7-8-6-4-2;6-1-5(2-7,3-8)4-9;;/h4*1,3-8H2,2H3;1-4H2;;/q;;;;-4;2*+2. The van der Waals surface area contributed by atoms with Crippen LogP contribution in [0.2, 0.25) is 17.7 Å². The third-order valence-electron chi connectivity index (χ3n) is 10.2. The van der Waals surface area contributed by atoms with E-state index in [1.54, 1.807) is 0 Å². The molecule has 4 nitrogen and oxygen atoms in total. The van der Waals surface area contributed by atoms with Gasteiger partial charge in [-0.05, 0) is 0 Å². The van der Waals surface area contributed by atoms with Gasteiger partial charge in [0.2, 0.25) is 0 Å². The Balaban J connectivity index is 1.89. The molecule has 0 aromatic carbocycles. The molecule has 2 rings (SSSR count). The van der Waals surface area contributed by atoms with Crippen molar-refractivity contribution < 1.29 is 12.3 Å². The Labute approximate surface area is 280 Å². The van der Waals surface area contributed by atoms with Crippen molar-refractivity contribution in [2.24, 2.45) is 5.41 Å². The Kier molecular flexibility index (Phi) is 24.0. The van der Waals surface area contributed by atoms with Gasteiger partial charge in [0.05, 0.1) is 0 Å². The molecule has 0 radical (unpaired) electrons. The van der Waals surface area contributed by atoms with E-state index in [1.807, 2.05) is 0 Å². The predicted octanol–water partition coefficient (Wildman–Crippen LogP) is 12.4. The third kappa shape index (κ3) is 17.4. The summed E-state index contributed by atoms with van der Waals surface area (Å²) < 4.78 is 33.0. The maximum absolute atomic E-state index is 7.01. The second-order valence-electron chi connectivity index (χ2n) is 14.5. The molecular weight excluding hydrogens is 746 g/mol. The van der Waals surface area contributed by atoms with E-state index in [1.165, 1.54) is 172 Å². The fourth-order valence-corrected chi connectivity index (χ4v) is 27.7. The Morgan fingerprint density at radius 1 is 0.326 bits per heavy atom. The molecule has 2 aliphatic heterocycles. The van der Waals surface area contributed by atoms with Crippen molar-refractivity contribution in [2.75, 3.05) is 26.4 Å². The molecule has 6 heteroatoms. The minimum absolute atomic E-state index is 0.0503. The van der Waals surface area contributed by atoms with Crippen LogP contribution >= 0.6 is 0 Å². The molecular formula is C37H76O4Sn2. The van der Waals surface area contributed by atoms with Crippen LogP contribution in [0.4, 0.5) is 0 Å². The molecule has 0 unspecified atom stereocenters. The van der Waals surface area contributed by atoms with Crippen molar-refractivity contribution in [3.8, 4) is 0 Å². The van der Waals surface area contributed by atoms with Crippen molar-refractivity contribution in [1.82, 2.24) is 0 Å². The van der Waals surface area contributed by atoms with E-state index in [0.717, 1.165) is 26.4 Å². The summed E-state index contributed by atoms with van der Waals surface area (Å²) in [5.74, 6) is 0. The first-order valence-electron chi connectivity index (χ1n) is 19.6. The van der Waals surface area contributed by atoms with Crippen LogP contribution in [-0.4, -0.2) is 64.8 Å². The van der Waals surface area contributed by atoms with Crippen LogP contribution in [0.1, 0.15) is 182 Å². The van der Waals surface area contributed by atoms with Crippen LogP contribution in [0.5, 0.6) is 0 Å². The molecule has 1 spiro atoms. The molecule has 0 aromatic heterocycles. The molecule has 0 bridgehead atoms. The number of hydrogen-bond donors (Lipinski definition) is 0. The maximum atomic E-state index is 7.01. The molecule has 0 atom stereocenters. The quantitative estimate of drug-likeness (QED) is 0.0582. The van der Waals surface area contributed by atoms with E-state index in [2.05, 4.69) is 27.7 Å². The van der Waals surface area contributed by atoms with Crippen molar-refractivity contribution in [1.29, 1.82) is 0 Å².